The van der Waals surface area contributed by atoms with Gasteiger partial charge in [-0.2, -0.15) is 0 Å². The molecule has 3 fully saturated rings. The molecule has 2 atom stereocenters. The highest BCUT2D eigenvalue weighted by Crippen LogP contribution is 2.43. The van der Waals surface area contributed by atoms with Crippen molar-refractivity contribution in [3.05, 3.63) is 28.8 Å². The first-order valence-electron chi connectivity index (χ1n) is 10.2. The lowest BCUT2D eigenvalue weighted by Crippen LogP contribution is -2.54. The fourth-order valence-corrected chi connectivity index (χ4v) is 4.71. The molecule has 0 radical (unpaired) electrons. The molecule has 4 amide bonds. The molecular formula is C21H27ClN4O3. The van der Waals surface area contributed by atoms with Gasteiger partial charge in [0.1, 0.15) is 5.54 Å². The van der Waals surface area contributed by atoms with E-state index in [4.69, 9.17) is 11.6 Å². The van der Waals surface area contributed by atoms with Gasteiger partial charge in [0, 0.05) is 42.8 Å². The third kappa shape index (κ3) is 3.80. The van der Waals surface area contributed by atoms with E-state index in [0.717, 1.165) is 35.7 Å². The van der Waals surface area contributed by atoms with E-state index in [9.17, 15) is 14.4 Å². The zero-order valence-electron chi connectivity index (χ0n) is 16.8. The SMILES string of the molecule is Cc1ccc(N2CCN(C(=O)CCC3(C4CC4)NC(=O)NC3=O)C[C@@H]2C)cc1Cl. The summed E-state index contributed by atoms with van der Waals surface area (Å²) in [5, 5.41) is 5.88. The topological polar surface area (TPSA) is 81.8 Å². The molecule has 0 bridgehead atoms. The third-order valence-electron chi connectivity index (χ3n) is 6.44. The number of aryl methyl sites for hydroxylation is 1. The van der Waals surface area contributed by atoms with E-state index in [0.29, 0.717) is 19.5 Å². The number of hydrogen-bond acceptors (Lipinski definition) is 4. The summed E-state index contributed by atoms with van der Waals surface area (Å²) < 4.78 is 0. The number of halogens is 1. The minimum Gasteiger partial charge on any atom is -0.365 e. The molecule has 7 nitrogen and oxygen atoms in total. The summed E-state index contributed by atoms with van der Waals surface area (Å²) >= 11 is 6.28. The van der Waals surface area contributed by atoms with Crippen molar-refractivity contribution in [2.24, 2.45) is 5.92 Å². The maximum atomic E-state index is 12.9. The van der Waals surface area contributed by atoms with Crippen LogP contribution in [-0.4, -0.2) is 54.0 Å². The summed E-state index contributed by atoms with van der Waals surface area (Å²) in [6.45, 7) is 6.07. The Morgan fingerprint density at radius 3 is 2.62 bits per heavy atom. The predicted molar refractivity (Wildman–Crippen MR) is 111 cm³/mol. The maximum absolute atomic E-state index is 12.9. The van der Waals surface area contributed by atoms with Crippen molar-refractivity contribution in [3.63, 3.8) is 0 Å². The van der Waals surface area contributed by atoms with Gasteiger partial charge in [0.05, 0.1) is 0 Å². The van der Waals surface area contributed by atoms with Crippen LogP contribution in [0.5, 0.6) is 0 Å². The van der Waals surface area contributed by atoms with Gasteiger partial charge in [0.25, 0.3) is 5.91 Å². The van der Waals surface area contributed by atoms with Crippen molar-refractivity contribution in [1.82, 2.24) is 15.5 Å². The van der Waals surface area contributed by atoms with Crippen LogP contribution >= 0.6 is 11.6 Å². The summed E-state index contributed by atoms with van der Waals surface area (Å²) in [6, 6.07) is 5.77. The van der Waals surface area contributed by atoms with Gasteiger partial charge >= 0.3 is 6.03 Å². The minimum absolute atomic E-state index is 0.0346. The normalized spacial score (nSPS) is 27.1. The van der Waals surface area contributed by atoms with Crippen molar-refractivity contribution in [2.75, 3.05) is 24.5 Å². The van der Waals surface area contributed by atoms with Crippen LogP contribution < -0.4 is 15.5 Å². The fourth-order valence-electron chi connectivity index (χ4n) is 4.54. The molecule has 2 N–H and O–H groups in total. The van der Waals surface area contributed by atoms with E-state index in [-0.39, 0.29) is 30.2 Å². The summed E-state index contributed by atoms with van der Waals surface area (Å²) in [7, 11) is 0. The average Bonchev–Trinajstić information content (AvgIpc) is 3.48. The zero-order valence-corrected chi connectivity index (χ0v) is 17.6. The molecular weight excluding hydrogens is 392 g/mol. The third-order valence-corrected chi connectivity index (χ3v) is 6.85. The lowest BCUT2D eigenvalue weighted by Gasteiger charge is -2.41. The van der Waals surface area contributed by atoms with E-state index in [1.165, 1.54) is 0 Å². The number of urea groups is 1. The molecule has 2 saturated heterocycles. The van der Waals surface area contributed by atoms with Crippen molar-refractivity contribution < 1.29 is 14.4 Å². The Bertz CT molecular complexity index is 856. The van der Waals surface area contributed by atoms with Gasteiger partial charge in [0.15, 0.2) is 0 Å². The van der Waals surface area contributed by atoms with Crippen LogP contribution in [-0.2, 0) is 9.59 Å². The predicted octanol–water partition coefficient (Wildman–Crippen LogP) is 2.45. The molecule has 2 aliphatic heterocycles. The van der Waals surface area contributed by atoms with Crippen molar-refractivity contribution in [2.45, 2.75) is 51.1 Å². The number of nitrogens with zero attached hydrogens (tertiary/aromatic N) is 2. The van der Waals surface area contributed by atoms with E-state index < -0.39 is 11.6 Å². The first kappa shape index (κ1) is 20.0. The van der Waals surface area contributed by atoms with Crippen LogP contribution in [0.15, 0.2) is 18.2 Å². The second-order valence-electron chi connectivity index (χ2n) is 8.47. The smallest absolute Gasteiger partial charge is 0.322 e. The highest BCUT2D eigenvalue weighted by atomic mass is 35.5. The number of imide groups is 1. The summed E-state index contributed by atoms with van der Waals surface area (Å²) in [5.74, 6) is -0.108. The van der Waals surface area contributed by atoms with Crippen LogP contribution in [0.3, 0.4) is 0 Å². The molecule has 1 unspecified atom stereocenters. The van der Waals surface area contributed by atoms with Crippen LogP contribution in [0.1, 0.15) is 38.2 Å². The Kier molecular flexibility index (Phi) is 5.19. The van der Waals surface area contributed by atoms with Crippen LogP contribution in [0.4, 0.5) is 10.5 Å². The second kappa shape index (κ2) is 7.52. The number of rotatable bonds is 5. The quantitative estimate of drug-likeness (QED) is 0.719. The van der Waals surface area contributed by atoms with Crippen LogP contribution in [0.2, 0.25) is 5.02 Å². The maximum Gasteiger partial charge on any atom is 0.322 e. The van der Waals surface area contributed by atoms with Gasteiger partial charge in [-0.25, -0.2) is 4.79 Å². The molecule has 3 aliphatic rings. The van der Waals surface area contributed by atoms with Gasteiger partial charge in [-0.3, -0.25) is 14.9 Å². The summed E-state index contributed by atoms with van der Waals surface area (Å²) in [6.07, 6.45) is 2.44. The van der Waals surface area contributed by atoms with E-state index in [2.05, 4.69) is 28.5 Å². The largest absolute Gasteiger partial charge is 0.365 e. The molecule has 1 saturated carbocycles. The Labute approximate surface area is 175 Å². The molecule has 8 heteroatoms. The van der Waals surface area contributed by atoms with E-state index in [1.807, 2.05) is 24.0 Å². The second-order valence-corrected chi connectivity index (χ2v) is 8.88. The van der Waals surface area contributed by atoms with E-state index in [1.54, 1.807) is 0 Å². The Balaban J connectivity index is 1.36. The molecule has 0 spiro atoms. The minimum atomic E-state index is -0.904. The van der Waals surface area contributed by atoms with Gasteiger partial charge in [-0.15, -0.1) is 0 Å². The number of piperazine rings is 1. The fraction of sp³-hybridized carbons (Fsp3) is 0.571. The molecule has 1 aromatic carbocycles. The number of carbonyl (C=O) groups excluding carboxylic acids is 3. The Morgan fingerprint density at radius 2 is 2.03 bits per heavy atom. The number of carbonyl (C=O) groups is 3. The summed E-state index contributed by atoms with van der Waals surface area (Å²) in [4.78, 5) is 41.0. The molecule has 1 aliphatic carbocycles. The first-order chi connectivity index (χ1) is 13.8. The summed E-state index contributed by atoms with van der Waals surface area (Å²) in [5.41, 5.74) is 1.21. The van der Waals surface area contributed by atoms with Crippen LogP contribution in [0.25, 0.3) is 0 Å². The van der Waals surface area contributed by atoms with Crippen molar-refractivity contribution >= 4 is 35.1 Å². The molecule has 2 heterocycles. The number of nitrogens with one attached hydrogen (secondary N) is 2. The number of anilines is 1. The number of benzene rings is 1. The Morgan fingerprint density at radius 1 is 1.28 bits per heavy atom. The van der Waals surface area contributed by atoms with Gasteiger partial charge in [-0.1, -0.05) is 17.7 Å². The highest BCUT2D eigenvalue weighted by molar-refractivity contribution is 6.31. The molecule has 0 aromatic heterocycles. The van der Waals surface area contributed by atoms with Gasteiger partial charge in [0.2, 0.25) is 5.91 Å². The Hall–Kier alpha value is -2.28. The number of amides is 4. The molecule has 1 aromatic rings. The lowest BCUT2D eigenvalue weighted by molar-refractivity contribution is -0.133. The molecule has 4 rings (SSSR count). The van der Waals surface area contributed by atoms with Crippen molar-refractivity contribution in [1.29, 1.82) is 0 Å². The average molecular weight is 419 g/mol. The zero-order chi connectivity index (χ0) is 20.8. The monoisotopic (exact) mass is 418 g/mol. The number of hydrogen-bond donors (Lipinski definition) is 2. The molecule has 156 valence electrons. The van der Waals surface area contributed by atoms with Crippen molar-refractivity contribution in [3.8, 4) is 0 Å². The standard InChI is InChI=1S/C21H27ClN4O3/c1-13-3-6-16(11-17(13)22)26-10-9-25(12-14(26)2)18(27)7-8-21(15-4-5-15)19(28)23-20(29)24-21/h3,6,11,14-15H,4-5,7-10,12H2,1-2H3,(H2,23,24,28,29)/t14-,21?/m0/s1. The van der Waals surface area contributed by atoms with Gasteiger partial charge in [-0.05, 0) is 56.7 Å². The molecule has 29 heavy (non-hydrogen) atoms. The van der Waals surface area contributed by atoms with E-state index >= 15 is 0 Å². The highest BCUT2D eigenvalue weighted by Gasteiger charge is 2.55. The first-order valence-corrected chi connectivity index (χ1v) is 10.6. The van der Waals surface area contributed by atoms with Gasteiger partial charge < -0.3 is 15.1 Å². The van der Waals surface area contributed by atoms with Crippen LogP contribution in [0, 0.1) is 12.8 Å². The lowest BCUT2D eigenvalue weighted by atomic mass is 9.87.